The Morgan fingerprint density at radius 2 is 1.90 bits per heavy atom. The van der Waals surface area contributed by atoms with Gasteiger partial charge in [0.25, 0.3) is 0 Å². The number of ether oxygens (including phenoxy) is 1. The van der Waals surface area contributed by atoms with Crippen LogP contribution < -0.4 is 4.74 Å². The molecule has 0 aromatic heterocycles. The molecule has 0 aliphatic heterocycles. The number of aliphatic hydroxyl groups is 1. The van der Waals surface area contributed by atoms with Crippen LogP contribution >= 0.6 is 0 Å². The van der Waals surface area contributed by atoms with E-state index in [0.29, 0.717) is 11.3 Å². The van der Waals surface area contributed by atoms with Gasteiger partial charge in [0.2, 0.25) is 0 Å². The fourth-order valence-corrected chi connectivity index (χ4v) is 1.92. The van der Waals surface area contributed by atoms with Crippen LogP contribution in [0.25, 0.3) is 0 Å². The predicted octanol–water partition coefficient (Wildman–Crippen LogP) is 3.91. The molecule has 1 N–H and O–H groups in total. The molecule has 0 radical (unpaired) electrons. The molecule has 0 aliphatic carbocycles. The summed E-state index contributed by atoms with van der Waals surface area (Å²) in [5.41, 5.74) is 1.72. The third kappa shape index (κ3) is 3.33. The molecule has 0 heterocycles. The van der Waals surface area contributed by atoms with E-state index in [1.807, 2.05) is 13.0 Å². The number of hydrogen-bond donors (Lipinski definition) is 1. The van der Waals surface area contributed by atoms with Crippen molar-refractivity contribution in [3.8, 4) is 5.75 Å². The molecule has 2 rings (SSSR count). The van der Waals surface area contributed by atoms with Crippen molar-refractivity contribution in [3.05, 3.63) is 64.7 Å². The summed E-state index contributed by atoms with van der Waals surface area (Å²) in [5, 5.41) is 9.68. The van der Waals surface area contributed by atoms with Gasteiger partial charge in [0.1, 0.15) is 24.0 Å². The highest BCUT2D eigenvalue weighted by Crippen LogP contribution is 2.27. The van der Waals surface area contributed by atoms with Crippen LogP contribution in [0, 0.1) is 18.6 Å². The normalized spacial score (nSPS) is 12.2. The van der Waals surface area contributed by atoms with Crippen LogP contribution in [0.15, 0.2) is 36.4 Å². The van der Waals surface area contributed by atoms with Crippen LogP contribution in [0.4, 0.5) is 8.78 Å². The lowest BCUT2D eigenvalue weighted by molar-refractivity contribution is 0.189. The highest BCUT2D eigenvalue weighted by Gasteiger charge is 2.11. The second-order valence-corrected chi connectivity index (χ2v) is 4.74. The Labute approximate surface area is 116 Å². The molecule has 0 bridgehead atoms. The summed E-state index contributed by atoms with van der Waals surface area (Å²) in [6, 6.07) is 8.62. The first-order chi connectivity index (χ1) is 9.47. The topological polar surface area (TPSA) is 29.5 Å². The van der Waals surface area contributed by atoms with Crippen LogP contribution in [-0.2, 0) is 6.61 Å². The molecule has 0 unspecified atom stereocenters. The Kier molecular flexibility index (Phi) is 4.35. The van der Waals surface area contributed by atoms with Crippen molar-refractivity contribution in [2.45, 2.75) is 26.6 Å². The largest absolute Gasteiger partial charge is 0.488 e. The number of halogens is 2. The summed E-state index contributed by atoms with van der Waals surface area (Å²) >= 11 is 0. The third-order valence-electron chi connectivity index (χ3n) is 3.01. The molecule has 0 aliphatic rings. The molecular formula is C16H16F2O2. The quantitative estimate of drug-likeness (QED) is 0.919. The number of aliphatic hydroxyl groups excluding tert-OH is 1. The molecule has 0 fully saturated rings. The zero-order chi connectivity index (χ0) is 14.7. The van der Waals surface area contributed by atoms with Crippen LogP contribution in [0.3, 0.4) is 0 Å². The van der Waals surface area contributed by atoms with Gasteiger partial charge in [0.15, 0.2) is 0 Å². The van der Waals surface area contributed by atoms with Gasteiger partial charge in [-0.05, 0) is 43.7 Å². The summed E-state index contributed by atoms with van der Waals surface area (Å²) in [6.45, 7) is 3.43. The minimum Gasteiger partial charge on any atom is -0.488 e. The molecule has 0 amide bonds. The van der Waals surface area contributed by atoms with E-state index in [0.717, 1.165) is 23.8 Å². The SMILES string of the molecule is Cc1ccc([C@@H](C)O)c(OCc2cc(F)ccc2F)c1. The second-order valence-electron chi connectivity index (χ2n) is 4.74. The second kappa shape index (κ2) is 6.01. The van der Waals surface area contributed by atoms with E-state index in [-0.39, 0.29) is 12.2 Å². The van der Waals surface area contributed by atoms with Crippen LogP contribution in [0.1, 0.15) is 29.7 Å². The first-order valence-corrected chi connectivity index (χ1v) is 6.32. The summed E-state index contributed by atoms with van der Waals surface area (Å²) in [7, 11) is 0. The minimum atomic E-state index is -0.692. The molecule has 2 aromatic carbocycles. The third-order valence-corrected chi connectivity index (χ3v) is 3.01. The van der Waals surface area contributed by atoms with Crippen molar-refractivity contribution < 1.29 is 18.6 Å². The standard InChI is InChI=1S/C16H16F2O2/c1-10-3-5-14(11(2)19)16(7-10)20-9-12-8-13(17)4-6-15(12)18/h3-8,11,19H,9H2,1-2H3/t11-/m1/s1. The van der Waals surface area contributed by atoms with Crippen molar-refractivity contribution in [2.75, 3.05) is 0 Å². The minimum absolute atomic E-state index is 0.0905. The van der Waals surface area contributed by atoms with Gasteiger partial charge >= 0.3 is 0 Å². The van der Waals surface area contributed by atoms with Crippen molar-refractivity contribution in [1.82, 2.24) is 0 Å². The van der Waals surface area contributed by atoms with Crippen LogP contribution in [-0.4, -0.2) is 5.11 Å². The Morgan fingerprint density at radius 3 is 2.60 bits per heavy atom. The van der Waals surface area contributed by atoms with Gasteiger partial charge in [-0.25, -0.2) is 8.78 Å². The monoisotopic (exact) mass is 278 g/mol. The summed E-state index contributed by atoms with van der Waals surface area (Å²) in [4.78, 5) is 0. The van der Waals surface area contributed by atoms with E-state index >= 15 is 0 Å². The van der Waals surface area contributed by atoms with Gasteiger partial charge < -0.3 is 9.84 Å². The summed E-state index contributed by atoms with van der Waals surface area (Å²) in [5.74, 6) is -0.550. The van der Waals surface area contributed by atoms with Crippen molar-refractivity contribution in [2.24, 2.45) is 0 Å². The van der Waals surface area contributed by atoms with Gasteiger partial charge in [-0.1, -0.05) is 12.1 Å². The average Bonchev–Trinajstić information content (AvgIpc) is 2.39. The van der Waals surface area contributed by atoms with Gasteiger partial charge in [-0.2, -0.15) is 0 Å². The van der Waals surface area contributed by atoms with Crippen LogP contribution in [0.2, 0.25) is 0 Å². The highest BCUT2D eigenvalue weighted by atomic mass is 19.1. The molecule has 4 heteroatoms. The Hall–Kier alpha value is -1.94. The number of hydrogen-bond acceptors (Lipinski definition) is 2. The first-order valence-electron chi connectivity index (χ1n) is 6.32. The molecule has 1 atom stereocenters. The summed E-state index contributed by atoms with van der Waals surface area (Å²) < 4.78 is 32.1. The van der Waals surface area contributed by atoms with Crippen molar-refractivity contribution in [3.63, 3.8) is 0 Å². The molecule has 0 saturated carbocycles. The Bertz CT molecular complexity index is 609. The lowest BCUT2D eigenvalue weighted by atomic mass is 10.1. The zero-order valence-electron chi connectivity index (χ0n) is 11.4. The predicted molar refractivity (Wildman–Crippen MR) is 72.5 cm³/mol. The van der Waals surface area contributed by atoms with E-state index in [4.69, 9.17) is 4.74 Å². The Morgan fingerprint density at radius 1 is 1.15 bits per heavy atom. The maximum atomic E-state index is 13.5. The molecule has 106 valence electrons. The maximum Gasteiger partial charge on any atom is 0.130 e. The number of benzene rings is 2. The lowest BCUT2D eigenvalue weighted by Crippen LogP contribution is -2.03. The van der Waals surface area contributed by atoms with E-state index < -0.39 is 17.7 Å². The molecule has 2 nitrogen and oxygen atoms in total. The van der Waals surface area contributed by atoms with Gasteiger partial charge in [-0.3, -0.25) is 0 Å². The fourth-order valence-electron chi connectivity index (χ4n) is 1.92. The average molecular weight is 278 g/mol. The maximum absolute atomic E-state index is 13.5. The van der Waals surface area contributed by atoms with Crippen LogP contribution in [0.5, 0.6) is 5.75 Å². The number of aryl methyl sites for hydroxylation is 1. The van der Waals surface area contributed by atoms with E-state index in [2.05, 4.69) is 0 Å². The number of rotatable bonds is 4. The van der Waals surface area contributed by atoms with E-state index in [9.17, 15) is 13.9 Å². The van der Waals surface area contributed by atoms with E-state index in [1.54, 1.807) is 19.1 Å². The molecule has 20 heavy (non-hydrogen) atoms. The molecule has 0 spiro atoms. The molecule has 0 saturated heterocycles. The molecular weight excluding hydrogens is 262 g/mol. The fraction of sp³-hybridized carbons (Fsp3) is 0.250. The summed E-state index contributed by atoms with van der Waals surface area (Å²) in [6.07, 6.45) is -0.692. The first kappa shape index (κ1) is 14.5. The zero-order valence-corrected chi connectivity index (χ0v) is 11.4. The van der Waals surface area contributed by atoms with E-state index in [1.165, 1.54) is 0 Å². The van der Waals surface area contributed by atoms with Gasteiger partial charge in [-0.15, -0.1) is 0 Å². The van der Waals surface area contributed by atoms with Crippen molar-refractivity contribution >= 4 is 0 Å². The Balaban J connectivity index is 2.22. The van der Waals surface area contributed by atoms with Gasteiger partial charge in [0.05, 0.1) is 6.10 Å². The smallest absolute Gasteiger partial charge is 0.130 e. The lowest BCUT2D eigenvalue weighted by Gasteiger charge is -2.14. The van der Waals surface area contributed by atoms with Crippen molar-refractivity contribution in [1.29, 1.82) is 0 Å². The highest BCUT2D eigenvalue weighted by molar-refractivity contribution is 5.38. The molecule has 2 aromatic rings. The van der Waals surface area contributed by atoms with Gasteiger partial charge in [0, 0.05) is 11.1 Å².